The Hall–Kier alpha value is -0.910. The topological polar surface area (TPSA) is 42.2 Å². The van der Waals surface area contributed by atoms with E-state index in [9.17, 15) is 0 Å². The largest absolute Gasteiger partial charge is 0.375 e. The average molecular weight is 302 g/mol. The maximum atomic E-state index is 5.62. The Labute approximate surface area is 122 Å². The summed E-state index contributed by atoms with van der Waals surface area (Å²) in [5.74, 6) is 0. The van der Waals surface area contributed by atoms with E-state index in [0.29, 0.717) is 5.13 Å². The van der Waals surface area contributed by atoms with Gasteiger partial charge < -0.3 is 10.6 Å². The molecular formula is C12H16ClN3S2. The number of hydrogen-bond donors (Lipinski definition) is 1. The van der Waals surface area contributed by atoms with Gasteiger partial charge in [-0.1, -0.05) is 0 Å². The molecule has 3 nitrogen and oxygen atoms in total. The second-order valence-electron chi connectivity index (χ2n) is 3.72. The van der Waals surface area contributed by atoms with Crippen LogP contribution in [0.15, 0.2) is 35.4 Å². The van der Waals surface area contributed by atoms with Crippen LogP contribution in [-0.4, -0.2) is 18.3 Å². The van der Waals surface area contributed by atoms with Gasteiger partial charge in [0.2, 0.25) is 0 Å². The van der Waals surface area contributed by atoms with Crippen LogP contribution in [0.1, 0.15) is 4.88 Å². The zero-order valence-electron chi connectivity index (χ0n) is 10.3. The lowest BCUT2D eigenvalue weighted by molar-refractivity contribution is 0.936. The van der Waals surface area contributed by atoms with E-state index >= 15 is 0 Å². The van der Waals surface area contributed by atoms with Crippen molar-refractivity contribution in [1.82, 2.24) is 4.98 Å². The molecule has 0 amide bonds. The number of hydrogen-bond acceptors (Lipinski definition) is 5. The van der Waals surface area contributed by atoms with Gasteiger partial charge >= 0.3 is 0 Å². The van der Waals surface area contributed by atoms with Crippen molar-refractivity contribution < 1.29 is 0 Å². The zero-order valence-corrected chi connectivity index (χ0v) is 12.7. The van der Waals surface area contributed by atoms with Crippen molar-refractivity contribution >= 4 is 46.3 Å². The zero-order chi connectivity index (χ0) is 12.3. The lowest BCUT2D eigenvalue weighted by Crippen LogP contribution is -2.15. The fourth-order valence-electron chi connectivity index (χ4n) is 1.56. The first-order valence-corrected chi connectivity index (χ1v) is 7.28. The highest BCUT2D eigenvalue weighted by atomic mass is 35.5. The molecule has 0 aliphatic carbocycles. The van der Waals surface area contributed by atoms with Crippen LogP contribution in [-0.2, 0) is 6.54 Å². The van der Waals surface area contributed by atoms with Gasteiger partial charge in [0, 0.05) is 28.7 Å². The molecule has 0 saturated carbocycles. The standard InChI is InChI=1S/C12H15N3S2.ClH/c1-15(8-11-7-14-12(13)17-11)9-3-5-10(16-2)6-4-9;/h3-7H,8H2,1-2H3,(H2,13,14);1H. The van der Waals surface area contributed by atoms with Crippen molar-refractivity contribution in [1.29, 1.82) is 0 Å². The maximum absolute atomic E-state index is 5.62. The van der Waals surface area contributed by atoms with Crippen LogP contribution in [0.4, 0.5) is 10.8 Å². The summed E-state index contributed by atoms with van der Waals surface area (Å²) in [4.78, 5) is 8.71. The number of rotatable bonds is 4. The van der Waals surface area contributed by atoms with Crippen LogP contribution < -0.4 is 10.6 Å². The molecular weight excluding hydrogens is 286 g/mol. The summed E-state index contributed by atoms with van der Waals surface area (Å²) >= 11 is 3.29. The predicted octanol–water partition coefficient (Wildman–Crippen LogP) is 3.51. The highest BCUT2D eigenvalue weighted by Gasteiger charge is 2.04. The molecule has 0 fully saturated rings. The summed E-state index contributed by atoms with van der Waals surface area (Å²) in [5, 5.41) is 0.631. The van der Waals surface area contributed by atoms with E-state index in [-0.39, 0.29) is 12.4 Å². The van der Waals surface area contributed by atoms with E-state index in [4.69, 9.17) is 5.73 Å². The molecule has 1 aromatic heterocycles. The van der Waals surface area contributed by atoms with Crippen LogP contribution in [0, 0.1) is 0 Å². The predicted molar refractivity (Wildman–Crippen MR) is 84.1 cm³/mol. The molecule has 0 radical (unpaired) electrons. The third-order valence-corrected chi connectivity index (χ3v) is 4.03. The van der Waals surface area contributed by atoms with Crippen molar-refractivity contribution in [2.24, 2.45) is 0 Å². The number of benzene rings is 1. The number of anilines is 2. The Balaban J connectivity index is 0.00000162. The van der Waals surface area contributed by atoms with Gasteiger partial charge in [-0.25, -0.2) is 4.98 Å². The van der Waals surface area contributed by atoms with E-state index in [1.165, 1.54) is 26.8 Å². The molecule has 18 heavy (non-hydrogen) atoms. The molecule has 2 rings (SSSR count). The van der Waals surface area contributed by atoms with Gasteiger partial charge in [0.25, 0.3) is 0 Å². The van der Waals surface area contributed by atoms with Crippen molar-refractivity contribution in [3.05, 3.63) is 35.3 Å². The van der Waals surface area contributed by atoms with Gasteiger partial charge in [0.05, 0.1) is 6.54 Å². The van der Waals surface area contributed by atoms with Gasteiger partial charge in [0.15, 0.2) is 5.13 Å². The molecule has 0 aliphatic heterocycles. The molecule has 0 saturated heterocycles. The first-order chi connectivity index (χ1) is 8.19. The van der Waals surface area contributed by atoms with Crippen molar-refractivity contribution in [3.8, 4) is 0 Å². The fraction of sp³-hybridized carbons (Fsp3) is 0.250. The Morgan fingerprint density at radius 3 is 2.50 bits per heavy atom. The normalized spacial score (nSPS) is 9.89. The summed E-state index contributed by atoms with van der Waals surface area (Å²) in [6.07, 6.45) is 3.92. The van der Waals surface area contributed by atoms with Crippen molar-refractivity contribution in [2.75, 3.05) is 23.9 Å². The Morgan fingerprint density at radius 1 is 1.33 bits per heavy atom. The Kier molecular flexibility index (Phi) is 5.78. The Morgan fingerprint density at radius 2 is 2.00 bits per heavy atom. The van der Waals surface area contributed by atoms with Crippen molar-refractivity contribution in [3.63, 3.8) is 0 Å². The summed E-state index contributed by atoms with van der Waals surface area (Å²) in [5.41, 5.74) is 6.82. The Bertz CT molecular complexity index is 484. The molecule has 2 N–H and O–H groups in total. The first kappa shape index (κ1) is 15.1. The molecule has 1 aromatic carbocycles. The SMILES string of the molecule is CSc1ccc(N(C)Cc2cnc(N)s2)cc1.Cl. The van der Waals surface area contributed by atoms with E-state index in [1.54, 1.807) is 11.8 Å². The summed E-state index contributed by atoms with van der Waals surface area (Å²) in [6.45, 7) is 0.841. The number of thioether (sulfide) groups is 1. The lowest BCUT2D eigenvalue weighted by Gasteiger charge is -2.18. The monoisotopic (exact) mass is 301 g/mol. The second-order valence-corrected chi connectivity index (χ2v) is 5.75. The van der Waals surface area contributed by atoms with Crippen LogP contribution >= 0.6 is 35.5 Å². The first-order valence-electron chi connectivity index (χ1n) is 5.24. The summed E-state index contributed by atoms with van der Waals surface area (Å²) < 4.78 is 0. The average Bonchev–Trinajstić information content (AvgIpc) is 2.75. The maximum Gasteiger partial charge on any atom is 0.180 e. The number of halogens is 1. The van der Waals surface area contributed by atoms with Gasteiger partial charge in [-0.15, -0.1) is 35.5 Å². The third-order valence-electron chi connectivity index (χ3n) is 2.48. The molecule has 0 atom stereocenters. The van der Waals surface area contributed by atoms with Gasteiger partial charge in [-0.2, -0.15) is 0 Å². The third kappa shape index (κ3) is 3.80. The smallest absolute Gasteiger partial charge is 0.180 e. The molecule has 6 heteroatoms. The molecule has 0 aliphatic rings. The van der Waals surface area contributed by atoms with E-state index in [1.807, 2.05) is 6.20 Å². The fourth-order valence-corrected chi connectivity index (χ4v) is 2.70. The summed E-state index contributed by atoms with van der Waals surface area (Å²) in [6, 6.07) is 8.54. The summed E-state index contributed by atoms with van der Waals surface area (Å²) in [7, 11) is 2.07. The van der Waals surface area contributed by atoms with E-state index < -0.39 is 0 Å². The van der Waals surface area contributed by atoms with Crippen molar-refractivity contribution in [2.45, 2.75) is 11.4 Å². The number of nitrogens with zero attached hydrogens (tertiary/aromatic N) is 2. The molecule has 1 heterocycles. The number of nitrogen functional groups attached to an aromatic ring is 1. The number of aromatic nitrogens is 1. The molecule has 2 aromatic rings. The minimum Gasteiger partial charge on any atom is -0.375 e. The highest BCUT2D eigenvalue weighted by molar-refractivity contribution is 7.98. The quantitative estimate of drug-likeness (QED) is 0.878. The van der Waals surface area contributed by atoms with E-state index in [0.717, 1.165) is 6.54 Å². The second kappa shape index (κ2) is 6.87. The minimum absolute atomic E-state index is 0. The number of thiazole rings is 1. The van der Waals surface area contributed by atoms with Crippen LogP contribution in [0.2, 0.25) is 0 Å². The molecule has 0 bridgehead atoms. The molecule has 0 spiro atoms. The van der Waals surface area contributed by atoms with Gasteiger partial charge in [-0.05, 0) is 30.5 Å². The minimum atomic E-state index is 0. The molecule has 0 unspecified atom stereocenters. The lowest BCUT2D eigenvalue weighted by atomic mass is 10.3. The van der Waals surface area contributed by atoms with Gasteiger partial charge in [0.1, 0.15) is 0 Å². The molecule has 98 valence electrons. The number of nitrogens with two attached hydrogens (primary N) is 1. The van der Waals surface area contributed by atoms with E-state index in [2.05, 4.69) is 47.5 Å². The van der Waals surface area contributed by atoms with Crippen LogP contribution in [0.3, 0.4) is 0 Å². The van der Waals surface area contributed by atoms with Gasteiger partial charge in [-0.3, -0.25) is 0 Å². The van der Waals surface area contributed by atoms with Crippen LogP contribution in [0.5, 0.6) is 0 Å². The highest BCUT2D eigenvalue weighted by Crippen LogP contribution is 2.22. The van der Waals surface area contributed by atoms with Crippen LogP contribution in [0.25, 0.3) is 0 Å².